The highest BCUT2D eigenvalue weighted by atomic mass is 19.1. The molecule has 0 unspecified atom stereocenters. The monoisotopic (exact) mass is 573 g/mol. The Labute approximate surface area is 238 Å². The number of pyridine rings is 1. The van der Waals surface area contributed by atoms with E-state index in [0.717, 1.165) is 0 Å². The fourth-order valence-electron chi connectivity index (χ4n) is 4.12. The third-order valence-electron chi connectivity index (χ3n) is 6.19. The van der Waals surface area contributed by atoms with E-state index in [4.69, 9.17) is 12.2 Å². The Hall–Kier alpha value is -5.75. The number of imidazole rings is 1. The van der Waals surface area contributed by atoms with E-state index in [0.29, 0.717) is 29.0 Å². The summed E-state index contributed by atoms with van der Waals surface area (Å²) in [6.45, 7) is 0.448. The van der Waals surface area contributed by atoms with Gasteiger partial charge in [0, 0.05) is 24.2 Å². The van der Waals surface area contributed by atoms with Crippen molar-refractivity contribution in [3.05, 3.63) is 82.0 Å². The Kier molecular flexibility index (Phi) is 8.20. The highest BCUT2D eigenvalue weighted by Crippen LogP contribution is 2.26. The third-order valence-corrected chi connectivity index (χ3v) is 6.19. The lowest BCUT2D eigenvalue weighted by molar-refractivity contribution is -0.898. The number of nitrogens with one attached hydrogen (secondary N) is 2. The number of carbonyl (C=O) groups is 2. The summed E-state index contributed by atoms with van der Waals surface area (Å²) in [6, 6.07) is 5.83. The number of nitro groups is 1. The number of amides is 2. The van der Waals surface area contributed by atoms with Crippen molar-refractivity contribution >= 4 is 45.9 Å². The summed E-state index contributed by atoms with van der Waals surface area (Å²) in [5.74, 6) is 0.386. The number of anilines is 3. The average Bonchev–Trinajstić information content (AvgIpc) is 3.25. The summed E-state index contributed by atoms with van der Waals surface area (Å²) >= 11 is 0. The molecule has 15 heteroatoms. The van der Waals surface area contributed by atoms with Gasteiger partial charge in [0.15, 0.2) is 5.69 Å². The van der Waals surface area contributed by atoms with Crippen molar-refractivity contribution in [3.63, 3.8) is 0 Å². The third kappa shape index (κ3) is 6.51. The van der Waals surface area contributed by atoms with E-state index < -0.39 is 28.4 Å². The van der Waals surface area contributed by atoms with Gasteiger partial charge in [0.05, 0.1) is 37.9 Å². The van der Waals surface area contributed by atoms with E-state index in [1.807, 2.05) is 0 Å². The fraction of sp³-hybridized carbons (Fsp3) is 0.185. The number of rotatable bonds is 10. The molecule has 0 aliphatic carbocycles. The van der Waals surface area contributed by atoms with Gasteiger partial charge >= 0.3 is 17.5 Å². The molecular formula is C27H26FN10O4+. The first-order valence-corrected chi connectivity index (χ1v) is 12.3. The molecule has 4 N–H and O–H groups in total. The van der Waals surface area contributed by atoms with E-state index in [1.54, 1.807) is 26.2 Å². The van der Waals surface area contributed by atoms with Crippen molar-refractivity contribution in [1.29, 1.82) is 0 Å². The lowest BCUT2D eigenvalue weighted by atomic mass is 10.2. The zero-order valence-electron chi connectivity index (χ0n) is 22.8. The molecular weight excluding hydrogens is 547 g/mol. The molecule has 4 aromatic rings. The number of quaternary nitrogens is 1. The molecule has 214 valence electrons. The number of fused-ring (bicyclic) bond motifs is 1. The minimum absolute atomic E-state index is 0.0931. The van der Waals surface area contributed by atoms with Crippen molar-refractivity contribution in [2.75, 3.05) is 31.3 Å². The molecule has 0 saturated heterocycles. The van der Waals surface area contributed by atoms with Gasteiger partial charge < -0.3 is 31.0 Å². The maximum atomic E-state index is 13.8. The number of nitrogens with two attached hydrogens (primary N) is 1. The summed E-state index contributed by atoms with van der Waals surface area (Å²) in [6.07, 6.45) is 11.1. The Balaban J connectivity index is 1.46. The standard InChI is InChI=1S/C27H25FN10O4/c1-5-16-11-17(8-9-19(16)28)33-25-18-12-22(30-13-20(18)31-15-32-25)34-23(39)7-6-10-38(3,4)14-21-26(37(41)42)35-27(24(29)40)36(21)2/h1,6-9,11-13,15H,10,14H2,2-4H3,(H3-,29,30,31,32,33,34,35,39,40)/p+1/b7-6+. The summed E-state index contributed by atoms with van der Waals surface area (Å²) < 4.78 is 15.3. The molecule has 0 aliphatic heterocycles. The van der Waals surface area contributed by atoms with Gasteiger partial charge in [0.2, 0.25) is 5.91 Å². The first kappa shape index (κ1) is 29.2. The van der Waals surface area contributed by atoms with Crippen molar-refractivity contribution in [2.24, 2.45) is 12.8 Å². The van der Waals surface area contributed by atoms with Crippen LogP contribution in [-0.2, 0) is 18.4 Å². The Morgan fingerprint density at radius 3 is 2.71 bits per heavy atom. The Morgan fingerprint density at radius 2 is 2.02 bits per heavy atom. The maximum Gasteiger partial charge on any atom is 0.391 e. The van der Waals surface area contributed by atoms with Crippen LogP contribution in [0, 0.1) is 28.3 Å². The number of benzene rings is 1. The SMILES string of the molecule is C#Cc1cc(Nc2ncnc3cnc(NC(=O)/C=C/C[N+](C)(C)Cc4c([N+](=O)[O-])nc(C(N)=O)n4C)cc23)ccc1F. The molecule has 0 spiro atoms. The van der Waals surface area contributed by atoms with Gasteiger partial charge in [-0.2, -0.15) is 0 Å². The highest BCUT2D eigenvalue weighted by molar-refractivity contribution is 6.00. The normalized spacial score (nSPS) is 11.4. The molecule has 0 aliphatic rings. The number of aromatic nitrogens is 5. The van der Waals surface area contributed by atoms with Gasteiger partial charge in [0.1, 0.15) is 30.3 Å². The van der Waals surface area contributed by atoms with Crippen LogP contribution in [0.1, 0.15) is 21.9 Å². The van der Waals surface area contributed by atoms with Crippen molar-refractivity contribution in [3.8, 4) is 12.3 Å². The molecule has 0 bridgehead atoms. The van der Waals surface area contributed by atoms with Crippen molar-refractivity contribution < 1.29 is 23.4 Å². The molecule has 42 heavy (non-hydrogen) atoms. The lowest BCUT2D eigenvalue weighted by Crippen LogP contribution is -2.39. The molecule has 3 heterocycles. The second-order valence-electron chi connectivity index (χ2n) is 9.83. The number of terminal acetylenes is 1. The van der Waals surface area contributed by atoms with Gasteiger partial charge in [0.25, 0.3) is 0 Å². The maximum absolute atomic E-state index is 13.8. The van der Waals surface area contributed by atoms with Crippen molar-refractivity contribution in [1.82, 2.24) is 24.5 Å². The van der Waals surface area contributed by atoms with E-state index >= 15 is 0 Å². The molecule has 4 rings (SSSR count). The second kappa shape index (κ2) is 11.8. The van der Waals surface area contributed by atoms with Crippen LogP contribution in [0.3, 0.4) is 0 Å². The van der Waals surface area contributed by atoms with Crippen LogP contribution < -0.4 is 16.4 Å². The van der Waals surface area contributed by atoms with E-state index in [9.17, 15) is 24.1 Å². The van der Waals surface area contributed by atoms with Crippen LogP contribution in [-0.4, -0.2) is 66.4 Å². The lowest BCUT2D eigenvalue weighted by Gasteiger charge is -2.28. The van der Waals surface area contributed by atoms with Crippen LogP contribution in [0.5, 0.6) is 0 Å². The number of primary amides is 1. The molecule has 0 saturated carbocycles. The number of hydrogen-bond acceptors (Lipinski definition) is 9. The van der Waals surface area contributed by atoms with Crippen LogP contribution in [0.15, 0.2) is 48.9 Å². The number of hydrogen-bond donors (Lipinski definition) is 3. The number of halogens is 1. The predicted octanol–water partition coefficient (Wildman–Crippen LogP) is 2.40. The van der Waals surface area contributed by atoms with Crippen molar-refractivity contribution in [2.45, 2.75) is 6.54 Å². The van der Waals surface area contributed by atoms with Gasteiger partial charge in [-0.3, -0.25) is 14.2 Å². The fourth-order valence-corrected chi connectivity index (χ4v) is 4.12. The minimum atomic E-state index is -0.876. The Bertz CT molecular complexity index is 1790. The van der Waals surface area contributed by atoms with Gasteiger partial charge in [-0.15, -0.1) is 6.42 Å². The average molecular weight is 574 g/mol. The summed E-state index contributed by atoms with van der Waals surface area (Å²) in [7, 11) is 5.08. The number of nitrogens with zero attached hydrogens (tertiary/aromatic N) is 7. The molecule has 0 radical (unpaired) electrons. The Morgan fingerprint density at radius 1 is 1.26 bits per heavy atom. The first-order valence-electron chi connectivity index (χ1n) is 12.3. The van der Waals surface area contributed by atoms with E-state index in [2.05, 4.69) is 36.5 Å². The molecule has 0 fully saturated rings. The minimum Gasteiger partial charge on any atom is -0.361 e. The van der Waals surface area contributed by atoms with Crippen LogP contribution >= 0.6 is 0 Å². The molecule has 2 amide bonds. The van der Waals surface area contributed by atoms with Gasteiger partial charge in [-0.1, -0.05) is 5.92 Å². The quantitative estimate of drug-likeness (QED) is 0.0843. The van der Waals surface area contributed by atoms with Gasteiger partial charge in [-0.05, 0) is 40.2 Å². The number of carbonyl (C=O) groups excluding carboxylic acids is 2. The molecule has 14 nitrogen and oxygen atoms in total. The second-order valence-corrected chi connectivity index (χ2v) is 9.83. The van der Waals surface area contributed by atoms with E-state index in [1.165, 1.54) is 48.4 Å². The summed E-state index contributed by atoms with van der Waals surface area (Å²) in [4.78, 5) is 51.5. The van der Waals surface area contributed by atoms with Crippen LogP contribution in [0.4, 0.5) is 27.5 Å². The predicted molar refractivity (Wildman–Crippen MR) is 152 cm³/mol. The summed E-state index contributed by atoms with van der Waals surface area (Å²) in [5, 5.41) is 17.8. The zero-order valence-corrected chi connectivity index (χ0v) is 22.8. The van der Waals surface area contributed by atoms with Crippen LogP contribution in [0.2, 0.25) is 0 Å². The van der Waals surface area contributed by atoms with Crippen LogP contribution in [0.25, 0.3) is 10.9 Å². The topological polar surface area (TPSA) is 184 Å². The summed E-state index contributed by atoms with van der Waals surface area (Å²) in [5.41, 5.74) is 6.62. The first-order chi connectivity index (χ1) is 19.9. The molecule has 0 atom stereocenters. The smallest absolute Gasteiger partial charge is 0.361 e. The van der Waals surface area contributed by atoms with Gasteiger partial charge in [-0.25, -0.2) is 19.3 Å². The largest absolute Gasteiger partial charge is 0.391 e. The van der Waals surface area contributed by atoms with E-state index in [-0.39, 0.29) is 33.9 Å². The zero-order chi connectivity index (χ0) is 30.6. The molecule has 1 aromatic carbocycles. The molecule has 3 aromatic heterocycles. The highest BCUT2D eigenvalue weighted by Gasteiger charge is 2.32. The number of likely N-dealkylation sites (N-methyl/N-ethyl adjacent to an activating group) is 1.